The van der Waals surface area contributed by atoms with Gasteiger partial charge in [-0.1, -0.05) is 30.3 Å². The molecule has 2 aromatic rings. The van der Waals surface area contributed by atoms with Crippen LogP contribution in [0, 0.1) is 0 Å². The van der Waals surface area contributed by atoms with E-state index in [0.717, 1.165) is 31.7 Å². The highest BCUT2D eigenvalue weighted by Crippen LogP contribution is 2.39. The van der Waals surface area contributed by atoms with Crippen LogP contribution >= 0.6 is 0 Å². The Morgan fingerprint density at radius 3 is 2.48 bits per heavy atom. The molecule has 1 amide bonds. The highest BCUT2D eigenvalue weighted by Gasteiger charge is 2.42. The number of hydrogen-bond acceptors (Lipinski definition) is 5. The third-order valence-electron chi connectivity index (χ3n) is 7.85. The van der Waals surface area contributed by atoms with Crippen LogP contribution in [0.1, 0.15) is 94.9 Å². The van der Waals surface area contributed by atoms with E-state index in [4.69, 9.17) is 18.9 Å². The fourth-order valence-corrected chi connectivity index (χ4v) is 5.64. The van der Waals surface area contributed by atoms with Gasteiger partial charge in [0.25, 0.3) is 0 Å². The van der Waals surface area contributed by atoms with E-state index in [1.54, 1.807) is 40.7 Å². The average molecular weight is 592 g/mol. The van der Waals surface area contributed by atoms with Gasteiger partial charge in [0.2, 0.25) is 0 Å². The van der Waals surface area contributed by atoms with Crippen molar-refractivity contribution in [1.82, 2.24) is 5.32 Å². The van der Waals surface area contributed by atoms with E-state index in [-0.39, 0.29) is 32.0 Å². The Hall–Kier alpha value is -2.78. The Bertz CT molecular complexity index is 1210. The van der Waals surface area contributed by atoms with Gasteiger partial charge in [-0.2, -0.15) is 13.2 Å². The van der Waals surface area contributed by atoms with Gasteiger partial charge >= 0.3 is 12.3 Å². The number of fused-ring (bicyclic) bond motifs is 1. The lowest BCUT2D eigenvalue weighted by Gasteiger charge is -2.44. The number of hydrogen-bond donors (Lipinski definition) is 1. The maximum atomic E-state index is 14.1. The van der Waals surface area contributed by atoms with Crippen LogP contribution in [0.3, 0.4) is 0 Å². The molecule has 2 aliphatic rings. The summed E-state index contributed by atoms with van der Waals surface area (Å²) in [5.74, 6) is -0.576. The molecule has 1 unspecified atom stereocenters. The van der Waals surface area contributed by atoms with E-state index in [0.29, 0.717) is 24.3 Å². The van der Waals surface area contributed by atoms with E-state index >= 15 is 0 Å². The lowest BCUT2D eigenvalue weighted by molar-refractivity contribution is -0.271. The van der Waals surface area contributed by atoms with Gasteiger partial charge in [0, 0.05) is 0 Å². The Labute approximate surface area is 247 Å². The third kappa shape index (κ3) is 8.86. The second-order valence-corrected chi connectivity index (χ2v) is 13.0. The van der Waals surface area contributed by atoms with Gasteiger partial charge in [-0.25, -0.2) is 4.79 Å². The summed E-state index contributed by atoms with van der Waals surface area (Å²) in [5.41, 5.74) is 0.754. The lowest BCUT2D eigenvalue weighted by atomic mass is 9.80. The fraction of sp³-hybridized carbons (Fsp3) is 0.606. The molecule has 42 heavy (non-hydrogen) atoms. The van der Waals surface area contributed by atoms with Crippen LogP contribution in [0.4, 0.5) is 18.0 Å². The number of aryl methyl sites for hydroxylation is 2. The van der Waals surface area contributed by atoms with Crippen molar-refractivity contribution in [2.24, 2.45) is 0 Å². The predicted octanol–water partition coefficient (Wildman–Crippen LogP) is 7.96. The monoisotopic (exact) mass is 591 g/mol. The fourth-order valence-electron chi connectivity index (χ4n) is 5.64. The first-order valence-corrected chi connectivity index (χ1v) is 14.8. The molecule has 2 aromatic carbocycles. The first-order valence-electron chi connectivity index (χ1n) is 14.8. The molecule has 0 spiro atoms. The molecular weight excluding hydrogens is 547 g/mol. The molecule has 1 aliphatic heterocycles. The van der Waals surface area contributed by atoms with Crippen molar-refractivity contribution in [3.63, 3.8) is 0 Å². The minimum absolute atomic E-state index is 0.137. The summed E-state index contributed by atoms with van der Waals surface area (Å²) in [6.07, 6.45) is 0.213. The lowest BCUT2D eigenvalue weighted by Crippen LogP contribution is -2.61. The largest absolute Gasteiger partial charge is 0.493 e. The number of benzene rings is 2. The zero-order valence-corrected chi connectivity index (χ0v) is 25.4. The number of alkyl halides is 3. The van der Waals surface area contributed by atoms with Gasteiger partial charge in [-0.05, 0) is 114 Å². The van der Waals surface area contributed by atoms with E-state index in [1.807, 2.05) is 0 Å². The van der Waals surface area contributed by atoms with Gasteiger partial charge in [-0.15, -0.1) is 0 Å². The van der Waals surface area contributed by atoms with Crippen molar-refractivity contribution in [2.75, 3.05) is 19.8 Å². The Balaban J connectivity index is 1.40. The molecule has 1 heterocycles. The van der Waals surface area contributed by atoms with Gasteiger partial charge < -0.3 is 24.3 Å². The Morgan fingerprint density at radius 2 is 1.79 bits per heavy atom. The van der Waals surface area contributed by atoms with Crippen LogP contribution in [0.5, 0.6) is 5.75 Å². The standard InChI is InChI=1S/C33H44F3NO5/c1-30(2,3)42-29(38)37-32(21-40-31(4,5)41-22-32)18-17-23-15-16-28(27(20-23)33(34,35)36)39-19-9-13-25-12-8-11-24-10-6-7-14-26(24)25/h6-7,10,14-16,20,25H,8-9,11-13,17-19,21-22H2,1-5H3,(H,37,38). The van der Waals surface area contributed by atoms with Crippen LogP contribution in [0.2, 0.25) is 0 Å². The van der Waals surface area contributed by atoms with E-state index in [2.05, 4.69) is 29.6 Å². The molecule has 1 atom stereocenters. The zero-order chi connectivity index (χ0) is 30.6. The van der Waals surface area contributed by atoms with Gasteiger partial charge in [0.1, 0.15) is 11.4 Å². The van der Waals surface area contributed by atoms with Gasteiger partial charge in [0.15, 0.2) is 5.79 Å². The van der Waals surface area contributed by atoms with Crippen LogP contribution in [-0.4, -0.2) is 42.8 Å². The molecule has 0 saturated carbocycles. The molecule has 9 heteroatoms. The molecule has 1 fully saturated rings. The average Bonchev–Trinajstić information content (AvgIpc) is 2.90. The number of amides is 1. The summed E-state index contributed by atoms with van der Waals surface area (Å²) in [5, 5.41) is 2.86. The van der Waals surface area contributed by atoms with Crippen LogP contribution in [-0.2, 0) is 33.2 Å². The molecule has 1 saturated heterocycles. The SMILES string of the molecule is CC(C)(C)OC(=O)NC1(CCc2ccc(OCCCC3CCCc4ccccc43)c(C(F)(F)F)c2)COC(C)(C)OC1. The minimum Gasteiger partial charge on any atom is -0.493 e. The number of carbonyl (C=O) groups is 1. The Kier molecular flexibility index (Phi) is 9.82. The molecule has 0 bridgehead atoms. The summed E-state index contributed by atoms with van der Waals surface area (Å²) in [7, 11) is 0. The topological polar surface area (TPSA) is 66.0 Å². The van der Waals surface area contributed by atoms with Gasteiger partial charge in [0.05, 0.1) is 30.9 Å². The van der Waals surface area contributed by atoms with Crippen molar-refractivity contribution in [3.8, 4) is 5.75 Å². The first-order chi connectivity index (χ1) is 19.6. The number of rotatable bonds is 9. The summed E-state index contributed by atoms with van der Waals surface area (Å²) >= 11 is 0. The van der Waals surface area contributed by atoms with E-state index in [1.165, 1.54) is 17.2 Å². The maximum Gasteiger partial charge on any atom is 0.419 e. The smallest absolute Gasteiger partial charge is 0.419 e. The van der Waals surface area contributed by atoms with Crippen LogP contribution < -0.4 is 10.1 Å². The molecule has 232 valence electrons. The second-order valence-electron chi connectivity index (χ2n) is 13.0. The van der Waals surface area contributed by atoms with Crippen LogP contribution in [0.25, 0.3) is 0 Å². The third-order valence-corrected chi connectivity index (χ3v) is 7.85. The Morgan fingerprint density at radius 1 is 1.07 bits per heavy atom. The van der Waals surface area contributed by atoms with Crippen molar-refractivity contribution in [1.29, 1.82) is 0 Å². The van der Waals surface area contributed by atoms with Crippen molar-refractivity contribution < 1.29 is 36.9 Å². The maximum absolute atomic E-state index is 14.1. The molecule has 1 aliphatic carbocycles. The van der Waals surface area contributed by atoms with E-state index < -0.39 is 34.8 Å². The molecular formula is C33H44F3NO5. The normalized spacial score (nSPS) is 20.0. The minimum atomic E-state index is -4.57. The van der Waals surface area contributed by atoms with Crippen molar-refractivity contribution >= 4 is 6.09 Å². The molecule has 0 radical (unpaired) electrons. The predicted molar refractivity (Wildman–Crippen MR) is 155 cm³/mol. The summed E-state index contributed by atoms with van der Waals surface area (Å²) < 4.78 is 65.0. The summed E-state index contributed by atoms with van der Waals surface area (Å²) in [6, 6.07) is 12.6. The van der Waals surface area contributed by atoms with Crippen molar-refractivity contribution in [3.05, 3.63) is 64.7 Å². The first kappa shape index (κ1) is 32.1. The van der Waals surface area contributed by atoms with E-state index in [9.17, 15) is 18.0 Å². The zero-order valence-electron chi connectivity index (χ0n) is 25.4. The summed E-state index contributed by atoms with van der Waals surface area (Å²) in [4.78, 5) is 12.6. The highest BCUT2D eigenvalue weighted by atomic mass is 19.4. The molecule has 6 nitrogen and oxygen atoms in total. The molecule has 4 rings (SSSR count). The quantitative estimate of drug-likeness (QED) is 0.300. The molecule has 0 aromatic heterocycles. The number of halogens is 3. The summed E-state index contributed by atoms with van der Waals surface area (Å²) in [6.45, 7) is 9.30. The number of alkyl carbamates (subject to hydrolysis) is 1. The number of ether oxygens (including phenoxy) is 4. The second kappa shape index (κ2) is 12.8. The number of nitrogens with one attached hydrogen (secondary N) is 1. The number of carbonyl (C=O) groups excluding carboxylic acids is 1. The molecule has 1 N–H and O–H groups in total. The van der Waals surface area contributed by atoms with Crippen molar-refractivity contribution in [2.45, 2.75) is 109 Å². The highest BCUT2D eigenvalue weighted by molar-refractivity contribution is 5.69. The van der Waals surface area contributed by atoms with Crippen LogP contribution in [0.15, 0.2) is 42.5 Å². The van der Waals surface area contributed by atoms with Gasteiger partial charge in [-0.3, -0.25) is 0 Å².